The lowest BCUT2D eigenvalue weighted by Gasteiger charge is -2.27. The zero-order chi connectivity index (χ0) is 18.0. The highest BCUT2D eigenvalue weighted by Gasteiger charge is 2.15. The minimum absolute atomic E-state index is 0.486. The smallest absolute Gasteiger partial charge is 0.123 e. The van der Waals surface area contributed by atoms with Crippen LogP contribution in [0.15, 0.2) is 55.4 Å². The number of hydrogen-bond acceptors (Lipinski definition) is 5. The summed E-state index contributed by atoms with van der Waals surface area (Å²) in [6, 6.07) is 10.1. The molecule has 0 bridgehead atoms. The Hall–Kier alpha value is -2.37. The molecule has 1 aromatic heterocycles. The summed E-state index contributed by atoms with van der Waals surface area (Å²) < 4.78 is 11.7. The lowest BCUT2D eigenvalue weighted by molar-refractivity contribution is 0.314. The molecular formula is C21H27N3O2. The molecule has 1 fully saturated rings. The van der Waals surface area contributed by atoms with Crippen molar-refractivity contribution in [2.24, 2.45) is 5.92 Å². The molecule has 0 aliphatic carbocycles. The van der Waals surface area contributed by atoms with Crippen molar-refractivity contribution in [3.8, 4) is 11.5 Å². The van der Waals surface area contributed by atoms with Gasteiger partial charge in [-0.3, -0.25) is 4.98 Å². The highest BCUT2D eigenvalue weighted by molar-refractivity contribution is 5.38. The molecule has 26 heavy (non-hydrogen) atoms. The SMILES string of the molecule is C=CCOc1cc(CNCC2CNC2)cc(OCCc2cccnc2)c1. The first-order valence-electron chi connectivity index (χ1n) is 9.14. The van der Waals surface area contributed by atoms with Gasteiger partial charge in [-0.1, -0.05) is 18.7 Å². The van der Waals surface area contributed by atoms with Crippen molar-refractivity contribution in [2.75, 3.05) is 32.8 Å². The Balaban J connectivity index is 1.56. The molecule has 5 heteroatoms. The van der Waals surface area contributed by atoms with Crippen LogP contribution in [0, 0.1) is 5.92 Å². The van der Waals surface area contributed by atoms with Crippen molar-refractivity contribution in [1.82, 2.24) is 15.6 Å². The number of aromatic nitrogens is 1. The molecule has 1 saturated heterocycles. The summed E-state index contributed by atoms with van der Waals surface area (Å²) in [6.45, 7) is 8.86. The number of benzene rings is 1. The van der Waals surface area contributed by atoms with E-state index in [0.29, 0.717) is 13.2 Å². The van der Waals surface area contributed by atoms with E-state index >= 15 is 0 Å². The first kappa shape index (κ1) is 18.4. The third kappa shape index (κ3) is 5.86. The molecule has 0 unspecified atom stereocenters. The summed E-state index contributed by atoms with van der Waals surface area (Å²) in [5.41, 5.74) is 2.33. The van der Waals surface area contributed by atoms with Gasteiger partial charge in [0.15, 0.2) is 0 Å². The third-order valence-electron chi connectivity index (χ3n) is 4.32. The van der Waals surface area contributed by atoms with Crippen LogP contribution in [0.4, 0.5) is 0 Å². The highest BCUT2D eigenvalue weighted by atomic mass is 16.5. The number of hydrogen-bond donors (Lipinski definition) is 2. The molecule has 2 aromatic rings. The summed E-state index contributed by atoms with van der Waals surface area (Å²) in [5.74, 6) is 2.38. The van der Waals surface area contributed by atoms with E-state index in [1.54, 1.807) is 12.3 Å². The van der Waals surface area contributed by atoms with Crippen molar-refractivity contribution in [1.29, 1.82) is 0 Å². The molecule has 1 aromatic carbocycles. The second-order valence-corrected chi connectivity index (χ2v) is 6.53. The molecule has 2 heterocycles. The highest BCUT2D eigenvalue weighted by Crippen LogP contribution is 2.23. The first-order chi connectivity index (χ1) is 12.8. The number of nitrogens with zero attached hydrogens (tertiary/aromatic N) is 1. The Morgan fingerprint density at radius 1 is 1.19 bits per heavy atom. The van der Waals surface area contributed by atoms with Crippen LogP contribution in [-0.4, -0.2) is 37.8 Å². The summed E-state index contributed by atoms with van der Waals surface area (Å²) in [6.07, 6.45) is 6.23. The number of pyridine rings is 1. The molecule has 3 rings (SSSR count). The number of ether oxygens (including phenoxy) is 2. The van der Waals surface area contributed by atoms with Crippen molar-refractivity contribution in [3.05, 3.63) is 66.5 Å². The normalized spacial score (nSPS) is 13.8. The Kier molecular flexibility index (Phi) is 7.05. The largest absolute Gasteiger partial charge is 0.493 e. The summed E-state index contributed by atoms with van der Waals surface area (Å²) in [4.78, 5) is 4.13. The predicted octanol–water partition coefficient (Wildman–Crippen LogP) is 2.58. The number of nitrogens with one attached hydrogen (secondary N) is 2. The van der Waals surface area contributed by atoms with Crippen LogP contribution in [0.25, 0.3) is 0 Å². The van der Waals surface area contributed by atoms with Gasteiger partial charge in [0.2, 0.25) is 0 Å². The third-order valence-corrected chi connectivity index (χ3v) is 4.32. The van der Waals surface area contributed by atoms with E-state index in [9.17, 15) is 0 Å². The van der Waals surface area contributed by atoms with Gasteiger partial charge in [0.1, 0.15) is 18.1 Å². The van der Waals surface area contributed by atoms with Crippen molar-refractivity contribution in [2.45, 2.75) is 13.0 Å². The van der Waals surface area contributed by atoms with Gasteiger partial charge < -0.3 is 20.1 Å². The second-order valence-electron chi connectivity index (χ2n) is 6.53. The standard InChI is InChI=1S/C21H27N3O2/c1-2-7-25-20-9-18(13-23-14-19-15-24-16-19)10-21(11-20)26-8-5-17-4-3-6-22-12-17/h2-4,6,9-12,19,23-24H,1,5,7-8,13-16H2. The van der Waals surface area contributed by atoms with Crippen molar-refractivity contribution < 1.29 is 9.47 Å². The Morgan fingerprint density at radius 3 is 2.73 bits per heavy atom. The molecule has 0 atom stereocenters. The molecule has 0 amide bonds. The maximum absolute atomic E-state index is 5.96. The molecule has 2 N–H and O–H groups in total. The fourth-order valence-corrected chi connectivity index (χ4v) is 2.80. The van der Waals surface area contributed by atoms with Crippen LogP contribution < -0.4 is 20.1 Å². The molecule has 0 spiro atoms. The fourth-order valence-electron chi connectivity index (χ4n) is 2.80. The molecule has 138 valence electrons. The predicted molar refractivity (Wildman–Crippen MR) is 104 cm³/mol. The summed E-state index contributed by atoms with van der Waals surface area (Å²) in [5, 5.41) is 6.81. The maximum atomic E-state index is 5.96. The summed E-state index contributed by atoms with van der Waals surface area (Å²) >= 11 is 0. The van der Waals surface area contributed by atoms with Crippen LogP contribution in [-0.2, 0) is 13.0 Å². The van der Waals surface area contributed by atoms with Crippen LogP contribution in [0.1, 0.15) is 11.1 Å². The molecule has 0 saturated carbocycles. The van der Waals surface area contributed by atoms with Gasteiger partial charge in [-0.2, -0.15) is 0 Å². The second kappa shape index (κ2) is 9.94. The minimum atomic E-state index is 0.486. The van der Waals surface area contributed by atoms with Crippen LogP contribution in [0.3, 0.4) is 0 Å². The van der Waals surface area contributed by atoms with Gasteiger partial charge in [0.25, 0.3) is 0 Å². The molecule has 5 nitrogen and oxygen atoms in total. The van der Waals surface area contributed by atoms with E-state index in [4.69, 9.17) is 9.47 Å². The van der Waals surface area contributed by atoms with E-state index in [1.165, 1.54) is 5.56 Å². The Labute approximate surface area is 155 Å². The number of rotatable bonds is 11. The first-order valence-corrected chi connectivity index (χ1v) is 9.14. The van der Waals surface area contributed by atoms with Crippen molar-refractivity contribution in [3.63, 3.8) is 0 Å². The molecule has 1 aliphatic rings. The average molecular weight is 353 g/mol. The van der Waals surface area contributed by atoms with E-state index in [0.717, 1.165) is 55.6 Å². The van der Waals surface area contributed by atoms with Crippen LogP contribution in [0.2, 0.25) is 0 Å². The van der Waals surface area contributed by atoms with Crippen LogP contribution >= 0.6 is 0 Å². The van der Waals surface area contributed by atoms with Gasteiger partial charge in [-0.15, -0.1) is 0 Å². The quantitative estimate of drug-likeness (QED) is 0.608. The van der Waals surface area contributed by atoms with E-state index < -0.39 is 0 Å². The van der Waals surface area contributed by atoms with Gasteiger partial charge in [0.05, 0.1) is 6.61 Å². The Morgan fingerprint density at radius 2 is 2.04 bits per heavy atom. The monoisotopic (exact) mass is 353 g/mol. The van der Waals surface area contributed by atoms with Gasteiger partial charge >= 0.3 is 0 Å². The zero-order valence-corrected chi connectivity index (χ0v) is 15.1. The average Bonchev–Trinajstić information content (AvgIpc) is 2.63. The molecular weight excluding hydrogens is 326 g/mol. The topological polar surface area (TPSA) is 55.4 Å². The van der Waals surface area contributed by atoms with Gasteiger partial charge in [-0.05, 0) is 35.2 Å². The Bertz CT molecular complexity index is 687. The van der Waals surface area contributed by atoms with E-state index in [1.807, 2.05) is 18.3 Å². The lowest BCUT2D eigenvalue weighted by atomic mass is 10.0. The van der Waals surface area contributed by atoms with E-state index in [2.05, 4.69) is 40.4 Å². The maximum Gasteiger partial charge on any atom is 0.123 e. The fraction of sp³-hybridized carbons (Fsp3) is 0.381. The minimum Gasteiger partial charge on any atom is -0.493 e. The lowest BCUT2D eigenvalue weighted by Crippen LogP contribution is -2.47. The summed E-state index contributed by atoms with van der Waals surface area (Å²) in [7, 11) is 0. The van der Waals surface area contributed by atoms with Gasteiger partial charge in [0, 0.05) is 51.1 Å². The van der Waals surface area contributed by atoms with E-state index in [-0.39, 0.29) is 0 Å². The van der Waals surface area contributed by atoms with Crippen molar-refractivity contribution >= 4 is 0 Å². The van der Waals surface area contributed by atoms with Gasteiger partial charge in [-0.25, -0.2) is 0 Å². The molecule has 1 aliphatic heterocycles. The van der Waals surface area contributed by atoms with Crippen LogP contribution in [0.5, 0.6) is 11.5 Å². The molecule has 0 radical (unpaired) electrons. The zero-order valence-electron chi connectivity index (χ0n) is 15.1.